The van der Waals surface area contributed by atoms with Crippen LogP contribution in [0, 0.1) is 5.82 Å². The van der Waals surface area contributed by atoms with Gasteiger partial charge in [-0.05, 0) is 60.7 Å². The molecule has 8 heteroatoms. The molecule has 0 N–H and O–H groups in total. The third-order valence-electron chi connectivity index (χ3n) is 4.96. The second kappa shape index (κ2) is 8.65. The van der Waals surface area contributed by atoms with Gasteiger partial charge in [-0.3, -0.25) is 0 Å². The monoisotopic (exact) mass is 477 g/mol. The van der Waals surface area contributed by atoms with Crippen LogP contribution in [0.5, 0.6) is 0 Å². The molecule has 1 aliphatic rings. The van der Waals surface area contributed by atoms with Crippen molar-refractivity contribution in [2.24, 2.45) is 4.99 Å². The van der Waals surface area contributed by atoms with Gasteiger partial charge in [-0.2, -0.15) is 5.10 Å². The van der Waals surface area contributed by atoms with Crippen molar-refractivity contribution < 1.29 is 13.9 Å². The summed E-state index contributed by atoms with van der Waals surface area (Å²) in [6, 6.07) is 20.3. The molecular formula is C25H14Cl2FN3O2. The van der Waals surface area contributed by atoms with E-state index in [2.05, 4.69) is 10.1 Å². The van der Waals surface area contributed by atoms with E-state index in [0.717, 1.165) is 5.69 Å². The number of halogens is 3. The summed E-state index contributed by atoms with van der Waals surface area (Å²) in [4.78, 5) is 16.9. The van der Waals surface area contributed by atoms with Crippen LogP contribution in [0.4, 0.5) is 4.39 Å². The average Bonchev–Trinajstić information content (AvgIpc) is 3.39. The van der Waals surface area contributed by atoms with Crippen molar-refractivity contribution in [2.75, 3.05) is 0 Å². The number of esters is 1. The molecule has 33 heavy (non-hydrogen) atoms. The molecule has 5 rings (SSSR count). The second-order valence-corrected chi connectivity index (χ2v) is 8.02. The van der Waals surface area contributed by atoms with Gasteiger partial charge < -0.3 is 4.74 Å². The van der Waals surface area contributed by atoms with Crippen molar-refractivity contribution in [3.8, 4) is 16.9 Å². The Hall–Kier alpha value is -3.74. The molecule has 4 aromatic rings. The van der Waals surface area contributed by atoms with Crippen molar-refractivity contribution in [3.05, 3.63) is 112 Å². The highest BCUT2D eigenvalue weighted by Crippen LogP contribution is 2.29. The second-order valence-electron chi connectivity index (χ2n) is 7.18. The van der Waals surface area contributed by atoms with Gasteiger partial charge in [-0.1, -0.05) is 41.4 Å². The van der Waals surface area contributed by atoms with Crippen LogP contribution >= 0.6 is 23.2 Å². The fourth-order valence-corrected chi connectivity index (χ4v) is 3.86. The largest absolute Gasteiger partial charge is 0.402 e. The molecule has 0 saturated heterocycles. The van der Waals surface area contributed by atoms with Crippen LogP contribution < -0.4 is 0 Å². The molecule has 2 heterocycles. The predicted molar refractivity (Wildman–Crippen MR) is 126 cm³/mol. The fraction of sp³-hybridized carbons (Fsp3) is 0. The van der Waals surface area contributed by atoms with Crippen molar-refractivity contribution in [2.45, 2.75) is 0 Å². The summed E-state index contributed by atoms with van der Waals surface area (Å²) in [7, 11) is 0. The summed E-state index contributed by atoms with van der Waals surface area (Å²) in [5, 5.41) is 5.44. The first kappa shape index (κ1) is 21.1. The van der Waals surface area contributed by atoms with Crippen LogP contribution in [0.1, 0.15) is 11.1 Å². The number of rotatable bonds is 4. The number of cyclic esters (lactones) is 1. The van der Waals surface area contributed by atoms with E-state index in [-0.39, 0.29) is 17.4 Å². The molecule has 1 aromatic heterocycles. The standard InChI is InChI=1S/C25H14Cl2FN3O2/c26-17-8-11-20(21(27)13-17)24-29-22(25(32)33-24)12-16-14-31(19-4-2-1-3-5-19)30-23(16)15-6-9-18(28)10-7-15/h1-14H/b22-12-. The summed E-state index contributed by atoms with van der Waals surface area (Å²) < 4.78 is 20.5. The molecule has 0 amide bonds. The number of ether oxygens (including phenoxy) is 1. The van der Waals surface area contributed by atoms with Gasteiger partial charge in [-0.25, -0.2) is 18.9 Å². The molecule has 0 saturated carbocycles. The number of aromatic nitrogens is 2. The van der Waals surface area contributed by atoms with E-state index in [1.165, 1.54) is 12.1 Å². The zero-order valence-corrected chi connectivity index (χ0v) is 18.4. The van der Waals surface area contributed by atoms with Crippen LogP contribution in [0.15, 0.2) is 89.7 Å². The smallest absolute Gasteiger partial charge is 0.363 e. The zero-order valence-electron chi connectivity index (χ0n) is 16.9. The number of carbonyl (C=O) groups is 1. The third kappa shape index (κ3) is 4.31. The minimum atomic E-state index is -0.617. The van der Waals surface area contributed by atoms with Crippen molar-refractivity contribution in [1.82, 2.24) is 9.78 Å². The number of benzene rings is 3. The van der Waals surface area contributed by atoms with Crippen molar-refractivity contribution in [3.63, 3.8) is 0 Å². The van der Waals surface area contributed by atoms with Gasteiger partial charge in [0.2, 0.25) is 5.90 Å². The Balaban J connectivity index is 1.60. The topological polar surface area (TPSA) is 56.5 Å². The van der Waals surface area contributed by atoms with Gasteiger partial charge in [0.1, 0.15) is 11.5 Å². The Morgan fingerprint density at radius 2 is 1.73 bits per heavy atom. The molecule has 0 bridgehead atoms. The number of nitrogens with zero attached hydrogens (tertiary/aromatic N) is 3. The van der Waals surface area contributed by atoms with Gasteiger partial charge in [0.25, 0.3) is 0 Å². The lowest BCUT2D eigenvalue weighted by atomic mass is 10.1. The predicted octanol–water partition coefficient (Wildman–Crippen LogP) is 6.33. The SMILES string of the molecule is O=C1OC(c2ccc(Cl)cc2Cl)=N/C1=C\c1cn(-c2ccccc2)nc1-c1ccc(F)cc1. The molecular weight excluding hydrogens is 464 g/mol. The number of hydrogen-bond donors (Lipinski definition) is 0. The number of hydrogen-bond acceptors (Lipinski definition) is 4. The fourth-order valence-electron chi connectivity index (χ4n) is 3.37. The Labute approximate surface area is 198 Å². The maximum Gasteiger partial charge on any atom is 0.363 e. The third-order valence-corrected chi connectivity index (χ3v) is 5.50. The van der Waals surface area contributed by atoms with E-state index >= 15 is 0 Å². The van der Waals surface area contributed by atoms with Gasteiger partial charge >= 0.3 is 5.97 Å². The summed E-state index contributed by atoms with van der Waals surface area (Å²) in [6.45, 7) is 0. The van der Waals surface area contributed by atoms with E-state index in [9.17, 15) is 9.18 Å². The van der Waals surface area contributed by atoms with Gasteiger partial charge in [0, 0.05) is 22.3 Å². The summed E-state index contributed by atoms with van der Waals surface area (Å²) >= 11 is 12.2. The van der Waals surface area contributed by atoms with Crippen LogP contribution in [-0.2, 0) is 9.53 Å². The van der Waals surface area contributed by atoms with E-state index in [0.29, 0.717) is 32.4 Å². The zero-order chi connectivity index (χ0) is 22.9. The Morgan fingerprint density at radius 1 is 0.970 bits per heavy atom. The normalized spacial score (nSPS) is 14.5. The molecule has 5 nitrogen and oxygen atoms in total. The number of aliphatic imine (C=N–C) groups is 1. The molecule has 0 unspecified atom stereocenters. The van der Waals surface area contributed by atoms with Gasteiger partial charge in [0.15, 0.2) is 5.70 Å². The molecule has 0 radical (unpaired) electrons. The maximum atomic E-state index is 13.5. The van der Waals surface area contributed by atoms with Crippen LogP contribution in [0.2, 0.25) is 10.0 Å². The van der Waals surface area contributed by atoms with E-state index in [4.69, 9.17) is 27.9 Å². The van der Waals surface area contributed by atoms with Crippen molar-refractivity contribution >= 4 is 41.1 Å². The van der Waals surface area contributed by atoms with E-state index in [1.807, 2.05) is 30.3 Å². The van der Waals surface area contributed by atoms with Crippen LogP contribution in [-0.4, -0.2) is 21.6 Å². The first-order valence-electron chi connectivity index (χ1n) is 9.87. The van der Waals surface area contributed by atoms with E-state index in [1.54, 1.807) is 47.3 Å². The van der Waals surface area contributed by atoms with E-state index < -0.39 is 5.97 Å². The first-order valence-corrected chi connectivity index (χ1v) is 10.6. The summed E-state index contributed by atoms with van der Waals surface area (Å²) in [5.41, 5.74) is 3.24. The summed E-state index contributed by atoms with van der Waals surface area (Å²) in [6.07, 6.45) is 3.36. The number of carbonyl (C=O) groups excluding carboxylic acids is 1. The lowest BCUT2D eigenvalue weighted by Gasteiger charge is -2.02. The van der Waals surface area contributed by atoms with Crippen molar-refractivity contribution in [1.29, 1.82) is 0 Å². The number of para-hydroxylation sites is 1. The molecule has 0 atom stereocenters. The van der Waals surface area contributed by atoms with Crippen LogP contribution in [0.3, 0.4) is 0 Å². The highest BCUT2D eigenvalue weighted by molar-refractivity contribution is 6.37. The molecule has 0 spiro atoms. The Morgan fingerprint density at radius 3 is 2.45 bits per heavy atom. The maximum absolute atomic E-state index is 13.5. The molecule has 0 fully saturated rings. The molecule has 0 aliphatic carbocycles. The van der Waals surface area contributed by atoms with Crippen LogP contribution in [0.25, 0.3) is 23.0 Å². The minimum Gasteiger partial charge on any atom is -0.402 e. The first-order chi connectivity index (χ1) is 16.0. The average molecular weight is 478 g/mol. The molecule has 3 aromatic carbocycles. The highest BCUT2D eigenvalue weighted by Gasteiger charge is 2.26. The lowest BCUT2D eigenvalue weighted by molar-refractivity contribution is -0.129. The van der Waals surface area contributed by atoms with Gasteiger partial charge in [0.05, 0.1) is 16.3 Å². The molecule has 1 aliphatic heterocycles. The Kier molecular flexibility index (Phi) is 5.54. The highest BCUT2D eigenvalue weighted by atomic mass is 35.5. The molecule has 162 valence electrons. The lowest BCUT2D eigenvalue weighted by Crippen LogP contribution is -2.05. The Bertz CT molecular complexity index is 1430. The van der Waals surface area contributed by atoms with Gasteiger partial charge in [-0.15, -0.1) is 0 Å². The quantitative estimate of drug-likeness (QED) is 0.255. The minimum absolute atomic E-state index is 0.0895. The summed E-state index contributed by atoms with van der Waals surface area (Å²) in [5.74, 6) is -0.880.